The molecule has 0 N–H and O–H groups in total. The van der Waals surface area contributed by atoms with Gasteiger partial charge in [0.1, 0.15) is 0 Å². The van der Waals surface area contributed by atoms with Crippen LogP contribution in [0.1, 0.15) is 20.3 Å². The summed E-state index contributed by atoms with van der Waals surface area (Å²) in [6.45, 7) is 5.41. The van der Waals surface area contributed by atoms with Crippen molar-refractivity contribution in [3.05, 3.63) is 23.8 Å². The molecule has 3 unspecified atom stereocenters. The van der Waals surface area contributed by atoms with Crippen molar-refractivity contribution in [1.29, 1.82) is 0 Å². The Morgan fingerprint density at radius 3 is 3.17 bits per heavy atom. The van der Waals surface area contributed by atoms with Crippen molar-refractivity contribution in [1.82, 2.24) is 0 Å². The lowest BCUT2D eigenvalue weighted by Crippen LogP contribution is -2.34. The van der Waals surface area contributed by atoms with Gasteiger partial charge in [-0.1, -0.05) is 30.7 Å². The Kier molecular flexibility index (Phi) is 2.05. The Balaban J connectivity index is 2.18. The standard InChI is InChI=1S/C11H16O/c1-8-3-4-11-10(7-8)9(2)5-6-12-11/h3-4,7,9-11H,5-6H2,1-2H3. The van der Waals surface area contributed by atoms with Gasteiger partial charge < -0.3 is 4.74 Å². The summed E-state index contributed by atoms with van der Waals surface area (Å²) in [5.41, 5.74) is 1.38. The maximum Gasteiger partial charge on any atom is 0.0824 e. The Labute approximate surface area is 74.1 Å². The summed E-state index contributed by atoms with van der Waals surface area (Å²) < 4.78 is 5.67. The molecule has 1 fully saturated rings. The zero-order chi connectivity index (χ0) is 8.55. The average molecular weight is 164 g/mol. The second kappa shape index (κ2) is 3.06. The molecule has 1 nitrogen and oxygen atoms in total. The van der Waals surface area contributed by atoms with Crippen LogP contribution in [0.2, 0.25) is 0 Å². The van der Waals surface area contributed by atoms with E-state index in [2.05, 4.69) is 32.1 Å². The monoisotopic (exact) mass is 164 g/mol. The highest BCUT2D eigenvalue weighted by Gasteiger charge is 2.29. The van der Waals surface area contributed by atoms with E-state index in [1.54, 1.807) is 0 Å². The minimum atomic E-state index is 0.359. The fourth-order valence-electron chi connectivity index (χ4n) is 2.07. The number of rotatable bonds is 0. The van der Waals surface area contributed by atoms with Crippen molar-refractivity contribution in [3.8, 4) is 0 Å². The maximum atomic E-state index is 5.67. The first-order valence-electron chi connectivity index (χ1n) is 4.75. The predicted octanol–water partition coefficient (Wildman–Crippen LogP) is 2.54. The van der Waals surface area contributed by atoms with Crippen molar-refractivity contribution >= 4 is 0 Å². The third-order valence-corrected chi connectivity index (χ3v) is 2.92. The van der Waals surface area contributed by atoms with Gasteiger partial charge in [-0.05, 0) is 19.3 Å². The molecule has 0 amide bonds. The van der Waals surface area contributed by atoms with Gasteiger partial charge in [0.05, 0.1) is 6.10 Å². The molecule has 0 aromatic carbocycles. The molecule has 1 aliphatic heterocycles. The number of ether oxygens (including phenoxy) is 1. The van der Waals surface area contributed by atoms with Crippen LogP contribution in [0, 0.1) is 11.8 Å². The molecule has 2 aliphatic rings. The second-order valence-corrected chi connectivity index (χ2v) is 3.95. The van der Waals surface area contributed by atoms with Gasteiger partial charge in [0.2, 0.25) is 0 Å². The molecule has 0 saturated carbocycles. The molecule has 2 rings (SSSR count). The minimum Gasteiger partial charge on any atom is -0.374 e. The van der Waals surface area contributed by atoms with Crippen LogP contribution in [0.5, 0.6) is 0 Å². The molecular formula is C11H16O. The van der Waals surface area contributed by atoms with E-state index in [9.17, 15) is 0 Å². The SMILES string of the molecule is CC1=CC2C(C)CCOC2C=C1. The topological polar surface area (TPSA) is 9.23 Å². The van der Waals surface area contributed by atoms with Gasteiger partial charge in [-0.2, -0.15) is 0 Å². The normalized spacial score (nSPS) is 40.5. The number of hydrogen-bond acceptors (Lipinski definition) is 1. The van der Waals surface area contributed by atoms with Crippen molar-refractivity contribution in [2.75, 3.05) is 6.61 Å². The molecule has 0 radical (unpaired) electrons. The number of allylic oxidation sites excluding steroid dienone is 2. The zero-order valence-corrected chi connectivity index (χ0v) is 7.79. The van der Waals surface area contributed by atoms with Crippen molar-refractivity contribution in [2.24, 2.45) is 11.8 Å². The molecule has 0 aromatic heterocycles. The average Bonchev–Trinajstić information content (AvgIpc) is 2.07. The molecule has 1 heteroatoms. The van der Waals surface area contributed by atoms with Gasteiger partial charge in [0.15, 0.2) is 0 Å². The van der Waals surface area contributed by atoms with Gasteiger partial charge in [0.25, 0.3) is 0 Å². The quantitative estimate of drug-likeness (QED) is 0.534. The fourth-order valence-corrected chi connectivity index (χ4v) is 2.07. The van der Waals surface area contributed by atoms with E-state index in [0.717, 1.165) is 12.5 Å². The van der Waals surface area contributed by atoms with Crippen LogP contribution in [-0.2, 0) is 4.74 Å². The van der Waals surface area contributed by atoms with Crippen LogP contribution in [0.15, 0.2) is 23.8 Å². The van der Waals surface area contributed by atoms with E-state index in [-0.39, 0.29) is 0 Å². The summed E-state index contributed by atoms with van der Waals surface area (Å²) in [5.74, 6) is 1.41. The lowest BCUT2D eigenvalue weighted by atomic mass is 9.81. The van der Waals surface area contributed by atoms with Gasteiger partial charge in [-0.25, -0.2) is 0 Å². The third-order valence-electron chi connectivity index (χ3n) is 2.92. The molecule has 3 atom stereocenters. The first-order chi connectivity index (χ1) is 5.77. The largest absolute Gasteiger partial charge is 0.374 e. The van der Waals surface area contributed by atoms with E-state index in [1.165, 1.54) is 12.0 Å². The third kappa shape index (κ3) is 1.34. The van der Waals surface area contributed by atoms with Gasteiger partial charge in [0, 0.05) is 12.5 Å². The molecule has 1 saturated heterocycles. The van der Waals surface area contributed by atoms with Crippen LogP contribution < -0.4 is 0 Å². The lowest BCUT2D eigenvalue weighted by Gasteiger charge is -2.35. The molecule has 0 bridgehead atoms. The molecule has 66 valence electrons. The zero-order valence-electron chi connectivity index (χ0n) is 7.79. The molecule has 0 spiro atoms. The molecular weight excluding hydrogens is 148 g/mol. The van der Waals surface area contributed by atoms with Crippen LogP contribution in [0.4, 0.5) is 0 Å². The van der Waals surface area contributed by atoms with Crippen molar-refractivity contribution in [3.63, 3.8) is 0 Å². The summed E-state index contributed by atoms with van der Waals surface area (Å²) >= 11 is 0. The van der Waals surface area contributed by atoms with Crippen molar-refractivity contribution in [2.45, 2.75) is 26.4 Å². The van der Waals surface area contributed by atoms with Crippen LogP contribution >= 0.6 is 0 Å². The first-order valence-corrected chi connectivity index (χ1v) is 4.75. The van der Waals surface area contributed by atoms with Crippen LogP contribution in [0.3, 0.4) is 0 Å². The summed E-state index contributed by atoms with van der Waals surface area (Å²) in [7, 11) is 0. The smallest absolute Gasteiger partial charge is 0.0824 e. The van der Waals surface area contributed by atoms with E-state index in [0.29, 0.717) is 12.0 Å². The maximum absolute atomic E-state index is 5.67. The molecule has 12 heavy (non-hydrogen) atoms. The number of fused-ring (bicyclic) bond motifs is 1. The Hall–Kier alpha value is -0.560. The van der Waals surface area contributed by atoms with E-state index in [1.807, 2.05) is 0 Å². The first kappa shape index (κ1) is 8.06. The van der Waals surface area contributed by atoms with E-state index in [4.69, 9.17) is 4.74 Å². The van der Waals surface area contributed by atoms with Crippen LogP contribution in [-0.4, -0.2) is 12.7 Å². The number of hydrogen-bond donors (Lipinski definition) is 0. The Morgan fingerprint density at radius 2 is 2.33 bits per heavy atom. The lowest BCUT2D eigenvalue weighted by molar-refractivity contribution is -0.00833. The fraction of sp³-hybridized carbons (Fsp3) is 0.636. The highest BCUT2D eigenvalue weighted by atomic mass is 16.5. The Bertz CT molecular complexity index is 227. The summed E-state index contributed by atoms with van der Waals surface area (Å²) in [6, 6.07) is 0. The summed E-state index contributed by atoms with van der Waals surface area (Å²) in [6.07, 6.45) is 8.29. The minimum absolute atomic E-state index is 0.359. The highest BCUT2D eigenvalue weighted by Crippen LogP contribution is 2.32. The second-order valence-electron chi connectivity index (χ2n) is 3.95. The predicted molar refractivity (Wildman–Crippen MR) is 49.9 cm³/mol. The van der Waals surface area contributed by atoms with Gasteiger partial charge in [-0.3, -0.25) is 0 Å². The summed E-state index contributed by atoms with van der Waals surface area (Å²) in [4.78, 5) is 0. The Morgan fingerprint density at radius 1 is 1.50 bits per heavy atom. The van der Waals surface area contributed by atoms with Gasteiger partial charge >= 0.3 is 0 Å². The van der Waals surface area contributed by atoms with Gasteiger partial charge in [-0.15, -0.1) is 0 Å². The van der Waals surface area contributed by atoms with Crippen molar-refractivity contribution < 1.29 is 4.74 Å². The van der Waals surface area contributed by atoms with E-state index < -0.39 is 0 Å². The molecule has 1 aliphatic carbocycles. The highest BCUT2D eigenvalue weighted by molar-refractivity contribution is 5.25. The molecule has 1 heterocycles. The van der Waals surface area contributed by atoms with E-state index >= 15 is 0 Å². The molecule has 0 aromatic rings. The summed E-state index contributed by atoms with van der Waals surface area (Å²) in [5, 5.41) is 0. The van der Waals surface area contributed by atoms with Crippen LogP contribution in [0.25, 0.3) is 0 Å².